The number of rotatable bonds is 3. The normalized spacial score (nSPS) is 15.6. The minimum absolute atomic E-state index is 0.0909. The second-order valence-electron chi connectivity index (χ2n) is 8.93. The van der Waals surface area contributed by atoms with Crippen molar-refractivity contribution in [3.8, 4) is 5.82 Å². The Bertz CT molecular complexity index is 1390. The maximum absolute atomic E-state index is 4.87. The molecule has 0 amide bonds. The molecule has 6 rings (SSSR count). The Balaban J connectivity index is 1.61. The smallest absolute Gasteiger partial charge is 0.137 e. The molecule has 0 unspecified atom stereocenters. The highest BCUT2D eigenvalue weighted by Gasteiger charge is 2.37. The highest BCUT2D eigenvalue weighted by molar-refractivity contribution is 6.09. The largest absolute Gasteiger partial charge is 0.294 e. The Morgan fingerprint density at radius 3 is 2.29 bits per heavy atom. The number of hydrogen-bond donors (Lipinski definition) is 0. The lowest BCUT2D eigenvalue weighted by atomic mass is 9.73. The van der Waals surface area contributed by atoms with Crippen molar-refractivity contribution >= 4 is 21.8 Å². The van der Waals surface area contributed by atoms with Gasteiger partial charge in [0.1, 0.15) is 5.82 Å². The summed E-state index contributed by atoms with van der Waals surface area (Å²) in [5, 5.41) is 2.57. The van der Waals surface area contributed by atoms with Gasteiger partial charge in [-0.1, -0.05) is 73.5 Å². The van der Waals surface area contributed by atoms with Gasteiger partial charge in [-0.2, -0.15) is 0 Å². The fourth-order valence-electron chi connectivity index (χ4n) is 5.65. The van der Waals surface area contributed by atoms with Crippen LogP contribution in [0.4, 0.5) is 0 Å². The molecule has 3 aromatic carbocycles. The van der Waals surface area contributed by atoms with E-state index >= 15 is 0 Å². The second kappa shape index (κ2) is 7.09. The molecule has 0 saturated heterocycles. The first kappa shape index (κ1) is 18.4. The Hall–Kier alpha value is -3.39. The summed E-state index contributed by atoms with van der Waals surface area (Å²) in [5.41, 5.74) is 6.62. The third kappa shape index (κ3) is 2.82. The molecule has 0 atom stereocenters. The molecule has 5 aromatic rings. The van der Waals surface area contributed by atoms with Crippen LogP contribution in [0.1, 0.15) is 42.4 Å². The van der Waals surface area contributed by atoms with E-state index in [1.807, 2.05) is 6.20 Å². The van der Waals surface area contributed by atoms with E-state index < -0.39 is 0 Å². The van der Waals surface area contributed by atoms with Crippen LogP contribution in [0.2, 0.25) is 0 Å². The molecule has 1 saturated carbocycles. The van der Waals surface area contributed by atoms with Gasteiger partial charge >= 0.3 is 0 Å². The lowest BCUT2D eigenvalue weighted by Crippen LogP contribution is -2.24. The van der Waals surface area contributed by atoms with Crippen molar-refractivity contribution in [2.24, 2.45) is 0 Å². The molecule has 2 nitrogen and oxygen atoms in total. The lowest BCUT2D eigenvalue weighted by Gasteiger charge is -2.31. The zero-order chi connectivity index (χ0) is 20.8. The standard InChI is InChI=1S/C29H26N2/c1-21-13-14-25-24-11-5-6-12-26(24)31(27(25)19-21)28-20-23(15-18-30-28)29(16-7-8-17-29)22-9-3-2-4-10-22/h2-6,9-15,18-20H,7-8,16-17H2,1H3. The van der Waals surface area contributed by atoms with Gasteiger partial charge in [0.15, 0.2) is 0 Å². The molecule has 2 heteroatoms. The predicted octanol–water partition coefficient (Wildman–Crippen LogP) is 7.35. The van der Waals surface area contributed by atoms with Crippen LogP contribution in [0.5, 0.6) is 0 Å². The van der Waals surface area contributed by atoms with Crippen LogP contribution in [0.15, 0.2) is 91.1 Å². The van der Waals surface area contributed by atoms with Crippen LogP contribution in [-0.2, 0) is 5.41 Å². The first-order valence-electron chi connectivity index (χ1n) is 11.3. The van der Waals surface area contributed by atoms with E-state index in [1.165, 1.54) is 64.2 Å². The summed E-state index contributed by atoms with van der Waals surface area (Å²) in [6.07, 6.45) is 6.96. The summed E-state index contributed by atoms with van der Waals surface area (Å²) in [7, 11) is 0. The van der Waals surface area contributed by atoms with Crippen molar-refractivity contribution in [1.82, 2.24) is 9.55 Å². The van der Waals surface area contributed by atoms with Crippen molar-refractivity contribution in [3.05, 3.63) is 108 Å². The summed E-state index contributed by atoms with van der Waals surface area (Å²) in [4.78, 5) is 4.87. The van der Waals surface area contributed by atoms with E-state index in [-0.39, 0.29) is 5.41 Å². The van der Waals surface area contributed by atoms with E-state index in [2.05, 4.69) is 96.4 Å². The summed E-state index contributed by atoms with van der Waals surface area (Å²) < 4.78 is 2.34. The molecule has 0 spiro atoms. The first-order chi connectivity index (χ1) is 15.3. The van der Waals surface area contributed by atoms with Gasteiger partial charge in [0.2, 0.25) is 0 Å². The fraction of sp³-hybridized carbons (Fsp3) is 0.207. The maximum atomic E-state index is 4.87. The SMILES string of the molecule is Cc1ccc2c3ccccc3n(-c3cc(C4(c5ccccc5)CCCC4)ccn3)c2c1. The van der Waals surface area contributed by atoms with Crippen LogP contribution in [0.25, 0.3) is 27.6 Å². The van der Waals surface area contributed by atoms with Crippen LogP contribution >= 0.6 is 0 Å². The predicted molar refractivity (Wildman–Crippen MR) is 129 cm³/mol. The first-order valence-corrected chi connectivity index (χ1v) is 11.3. The third-order valence-electron chi connectivity index (χ3n) is 7.14. The maximum Gasteiger partial charge on any atom is 0.137 e. The zero-order valence-electron chi connectivity index (χ0n) is 17.9. The molecule has 0 radical (unpaired) electrons. The summed E-state index contributed by atoms with van der Waals surface area (Å²) in [5.74, 6) is 1.01. The lowest BCUT2D eigenvalue weighted by molar-refractivity contribution is 0.534. The molecule has 2 aromatic heterocycles. The molecule has 0 N–H and O–H groups in total. The Labute approximate surface area is 183 Å². The summed E-state index contributed by atoms with van der Waals surface area (Å²) in [6, 6.07) is 31.0. The van der Waals surface area contributed by atoms with Crippen molar-refractivity contribution in [2.45, 2.75) is 38.0 Å². The summed E-state index contributed by atoms with van der Waals surface area (Å²) >= 11 is 0. The Morgan fingerprint density at radius 1 is 0.710 bits per heavy atom. The number of fused-ring (bicyclic) bond motifs is 3. The minimum Gasteiger partial charge on any atom is -0.294 e. The van der Waals surface area contributed by atoms with Crippen LogP contribution in [0, 0.1) is 6.92 Å². The zero-order valence-corrected chi connectivity index (χ0v) is 17.9. The second-order valence-corrected chi connectivity index (χ2v) is 8.93. The van der Waals surface area contributed by atoms with Gasteiger partial charge in [-0.25, -0.2) is 4.98 Å². The number of hydrogen-bond acceptors (Lipinski definition) is 1. The van der Waals surface area contributed by atoms with Gasteiger partial charge in [0.25, 0.3) is 0 Å². The van der Waals surface area contributed by atoms with Gasteiger partial charge in [0, 0.05) is 22.4 Å². The Morgan fingerprint density at radius 2 is 1.45 bits per heavy atom. The number of pyridine rings is 1. The molecule has 0 aliphatic heterocycles. The van der Waals surface area contributed by atoms with Crippen molar-refractivity contribution in [3.63, 3.8) is 0 Å². The van der Waals surface area contributed by atoms with Gasteiger partial charge in [-0.3, -0.25) is 4.57 Å². The number of benzene rings is 3. The average Bonchev–Trinajstić information content (AvgIpc) is 3.43. The van der Waals surface area contributed by atoms with Crippen molar-refractivity contribution in [2.75, 3.05) is 0 Å². The van der Waals surface area contributed by atoms with E-state index in [4.69, 9.17) is 4.98 Å². The van der Waals surface area contributed by atoms with Gasteiger partial charge in [-0.15, -0.1) is 0 Å². The number of para-hydroxylation sites is 1. The van der Waals surface area contributed by atoms with Crippen LogP contribution < -0.4 is 0 Å². The van der Waals surface area contributed by atoms with Crippen LogP contribution in [0.3, 0.4) is 0 Å². The molecule has 152 valence electrons. The molecule has 1 aliphatic carbocycles. The molecular weight excluding hydrogens is 376 g/mol. The molecule has 1 aliphatic rings. The highest BCUT2D eigenvalue weighted by atomic mass is 15.1. The van der Waals surface area contributed by atoms with Crippen LogP contribution in [-0.4, -0.2) is 9.55 Å². The van der Waals surface area contributed by atoms with E-state index in [9.17, 15) is 0 Å². The number of aromatic nitrogens is 2. The van der Waals surface area contributed by atoms with E-state index in [0.29, 0.717) is 0 Å². The monoisotopic (exact) mass is 402 g/mol. The van der Waals surface area contributed by atoms with E-state index in [1.54, 1.807) is 0 Å². The average molecular weight is 403 g/mol. The van der Waals surface area contributed by atoms with Crippen molar-refractivity contribution < 1.29 is 0 Å². The quantitative estimate of drug-likeness (QED) is 0.308. The minimum atomic E-state index is 0.0909. The summed E-state index contributed by atoms with van der Waals surface area (Å²) in [6.45, 7) is 2.16. The Kier molecular flexibility index (Phi) is 4.21. The van der Waals surface area contributed by atoms with E-state index in [0.717, 1.165) is 5.82 Å². The molecule has 0 bridgehead atoms. The topological polar surface area (TPSA) is 17.8 Å². The molecule has 1 fully saturated rings. The van der Waals surface area contributed by atoms with Gasteiger partial charge in [0.05, 0.1) is 11.0 Å². The highest BCUT2D eigenvalue weighted by Crippen LogP contribution is 2.46. The molecule has 31 heavy (non-hydrogen) atoms. The van der Waals surface area contributed by atoms with Gasteiger partial charge in [-0.05, 0) is 60.7 Å². The molecular formula is C29H26N2. The number of nitrogens with zero attached hydrogens (tertiary/aromatic N) is 2. The fourth-order valence-corrected chi connectivity index (χ4v) is 5.65. The molecule has 2 heterocycles. The third-order valence-corrected chi connectivity index (χ3v) is 7.14. The van der Waals surface area contributed by atoms with Gasteiger partial charge < -0.3 is 0 Å². The van der Waals surface area contributed by atoms with Crippen molar-refractivity contribution in [1.29, 1.82) is 0 Å². The number of aryl methyl sites for hydroxylation is 1.